The minimum atomic E-state index is -0.652. The van der Waals surface area contributed by atoms with Crippen LogP contribution in [0.15, 0.2) is 76.3 Å². The lowest BCUT2D eigenvalue weighted by atomic mass is 10.2. The molecule has 1 N–H and O–H groups in total. The monoisotopic (exact) mass is 501 g/mol. The predicted octanol–water partition coefficient (Wildman–Crippen LogP) is 4.99. The molecular formula is C21H13BrClN3O5. The van der Waals surface area contributed by atoms with E-state index in [2.05, 4.69) is 26.5 Å². The van der Waals surface area contributed by atoms with Crippen molar-refractivity contribution >= 4 is 51.3 Å². The third-order valence-electron chi connectivity index (χ3n) is 3.96. The van der Waals surface area contributed by atoms with Gasteiger partial charge >= 0.3 is 5.97 Å². The van der Waals surface area contributed by atoms with Crippen LogP contribution in [-0.2, 0) is 0 Å². The van der Waals surface area contributed by atoms with Crippen molar-refractivity contribution in [2.75, 3.05) is 0 Å². The fraction of sp³-hybridized carbons (Fsp3) is 0. The molecule has 0 aliphatic carbocycles. The molecule has 0 saturated carbocycles. The molecular weight excluding hydrogens is 490 g/mol. The quantitative estimate of drug-likeness (QED) is 0.168. The molecule has 0 spiro atoms. The molecule has 31 heavy (non-hydrogen) atoms. The average molecular weight is 503 g/mol. The molecule has 0 heterocycles. The first kappa shape index (κ1) is 22.1. The molecule has 10 heteroatoms. The summed E-state index contributed by atoms with van der Waals surface area (Å²) in [6.45, 7) is 0. The lowest BCUT2D eigenvalue weighted by molar-refractivity contribution is -0.384. The lowest BCUT2D eigenvalue weighted by Crippen LogP contribution is -2.17. The van der Waals surface area contributed by atoms with E-state index in [0.29, 0.717) is 16.1 Å². The van der Waals surface area contributed by atoms with Gasteiger partial charge in [0.25, 0.3) is 11.6 Å². The van der Waals surface area contributed by atoms with Crippen LogP contribution in [0.4, 0.5) is 5.69 Å². The number of amides is 1. The average Bonchev–Trinajstić information content (AvgIpc) is 2.75. The topological polar surface area (TPSA) is 111 Å². The largest absolute Gasteiger partial charge is 0.422 e. The molecule has 0 atom stereocenters. The summed E-state index contributed by atoms with van der Waals surface area (Å²) < 4.78 is 6.16. The minimum absolute atomic E-state index is 0.0445. The van der Waals surface area contributed by atoms with Crippen molar-refractivity contribution in [3.8, 4) is 5.75 Å². The highest BCUT2D eigenvalue weighted by molar-refractivity contribution is 9.10. The number of halogens is 2. The second-order valence-electron chi connectivity index (χ2n) is 6.08. The number of nitro benzene ring substituents is 1. The highest BCUT2D eigenvalue weighted by Crippen LogP contribution is 2.24. The van der Waals surface area contributed by atoms with Crippen LogP contribution in [0.2, 0.25) is 5.02 Å². The smallest absolute Gasteiger partial charge is 0.343 e. The fourth-order valence-corrected chi connectivity index (χ4v) is 2.80. The van der Waals surface area contributed by atoms with Crippen LogP contribution in [0.5, 0.6) is 5.75 Å². The third-order valence-corrected chi connectivity index (χ3v) is 4.74. The number of benzene rings is 3. The van der Waals surface area contributed by atoms with Gasteiger partial charge in [-0.3, -0.25) is 14.9 Å². The molecule has 0 aliphatic rings. The van der Waals surface area contributed by atoms with E-state index in [-0.39, 0.29) is 17.0 Å². The molecule has 0 unspecified atom stereocenters. The van der Waals surface area contributed by atoms with Crippen molar-refractivity contribution in [3.05, 3.63) is 103 Å². The minimum Gasteiger partial charge on any atom is -0.422 e. The molecule has 3 aromatic rings. The molecule has 8 nitrogen and oxygen atoms in total. The molecule has 3 rings (SSSR count). The van der Waals surface area contributed by atoms with Crippen LogP contribution in [0.3, 0.4) is 0 Å². The Balaban J connectivity index is 1.80. The normalized spacial score (nSPS) is 10.6. The van der Waals surface area contributed by atoms with Crippen molar-refractivity contribution in [1.82, 2.24) is 5.43 Å². The molecule has 3 aromatic carbocycles. The molecule has 0 radical (unpaired) electrons. The summed E-state index contributed by atoms with van der Waals surface area (Å²) in [5.41, 5.74) is 2.83. The second kappa shape index (κ2) is 9.96. The number of carbonyl (C=O) groups is 2. The van der Waals surface area contributed by atoms with E-state index in [1.807, 2.05) is 0 Å². The number of hydrogen-bond donors (Lipinski definition) is 1. The number of nitrogens with zero attached hydrogens (tertiary/aromatic N) is 2. The molecule has 0 fully saturated rings. The van der Waals surface area contributed by atoms with Gasteiger partial charge in [-0.15, -0.1) is 0 Å². The summed E-state index contributed by atoms with van der Waals surface area (Å²) in [5, 5.41) is 15.4. The van der Waals surface area contributed by atoms with Crippen LogP contribution in [-0.4, -0.2) is 23.0 Å². The standard InChI is InChI=1S/C21H13BrClN3O5/c22-16-5-1-14(2-6-16)21(28)31-19-10-9-18(26(29)30)11-15(19)12-24-25-20(27)13-3-7-17(23)8-4-13/h1-12H,(H,25,27)/b24-12+. The molecule has 0 saturated heterocycles. The van der Waals surface area contributed by atoms with Gasteiger partial charge in [-0.2, -0.15) is 5.10 Å². The molecule has 0 aliphatic heterocycles. The van der Waals surface area contributed by atoms with E-state index in [1.54, 1.807) is 36.4 Å². The second-order valence-corrected chi connectivity index (χ2v) is 7.43. The summed E-state index contributed by atoms with van der Waals surface area (Å²) in [4.78, 5) is 35.0. The van der Waals surface area contributed by atoms with Crippen molar-refractivity contribution in [2.24, 2.45) is 5.10 Å². The highest BCUT2D eigenvalue weighted by atomic mass is 79.9. The van der Waals surface area contributed by atoms with E-state index in [9.17, 15) is 19.7 Å². The van der Waals surface area contributed by atoms with Gasteiger partial charge in [0.15, 0.2) is 0 Å². The van der Waals surface area contributed by atoms with Crippen LogP contribution >= 0.6 is 27.5 Å². The number of nitrogens with one attached hydrogen (secondary N) is 1. The van der Waals surface area contributed by atoms with E-state index in [0.717, 1.165) is 10.7 Å². The summed E-state index contributed by atoms with van der Waals surface area (Å²) in [7, 11) is 0. The number of esters is 1. The molecule has 1 amide bonds. The van der Waals surface area contributed by atoms with Crippen LogP contribution in [0.25, 0.3) is 0 Å². The number of rotatable bonds is 6. The predicted molar refractivity (Wildman–Crippen MR) is 119 cm³/mol. The van der Waals surface area contributed by atoms with Crippen LogP contribution < -0.4 is 10.2 Å². The van der Waals surface area contributed by atoms with Crippen molar-refractivity contribution in [2.45, 2.75) is 0 Å². The summed E-state index contributed by atoms with van der Waals surface area (Å²) in [5.74, 6) is -1.11. The number of carbonyl (C=O) groups excluding carboxylic acids is 2. The number of ether oxygens (including phenoxy) is 1. The first-order valence-electron chi connectivity index (χ1n) is 8.68. The van der Waals surface area contributed by atoms with Gasteiger partial charge in [-0.1, -0.05) is 27.5 Å². The third kappa shape index (κ3) is 5.97. The number of non-ortho nitro benzene ring substituents is 1. The van der Waals surface area contributed by atoms with Crippen molar-refractivity contribution in [1.29, 1.82) is 0 Å². The lowest BCUT2D eigenvalue weighted by Gasteiger charge is -2.08. The van der Waals surface area contributed by atoms with E-state index >= 15 is 0 Å². The summed E-state index contributed by atoms with van der Waals surface area (Å²) in [6.07, 6.45) is 1.16. The Morgan fingerprint density at radius 2 is 1.68 bits per heavy atom. The maximum absolute atomic E-state index is 12.4. The van der Waals surface area contributed by atoms with Gasteiger partial charge in [-0.25, -0.2) is 10.2 Å². The van der Waals surface area contributed by atoms with Crippen molar-refractivity contribution in [3.63, 3.8) is 0 Å². The number of nitro groups is 1. The van der Waals surface area contributed by atoms with Crippen molar-refractivity contribution < 1.29 is 19.2 Å². The Kier molecular flexibility index (Phi) is 7.11. The molecule has 0 aromatic heterocycles. The molecule has 156 valence electrons. The Morgan fingerprint density at radius 1 is 1.03 bits per heavy atom. The zero-order valence-electron chi connectivity index (χ0n) is 15.6. The first-order valence-corrected chi connectivity index (χ1v) is 9.86. The van der Waals surface area contributed by atoms with E-state index in [1.165, 1.54) is 30.3 Å². The Morgan fingerprint density at radius 3 is 2.32 bits per heavy atom. The summed E-state index contributed by atoms with van der Waals surface area (Å²) >= 11 is 9.07. The Hall–Kier alpha value is -3.56. The van der Waals surface area contributed by atoms with E-state index < -0.39 is 16.8 Å². The van der Waals surface area contributed by atoms with E-state index in [4.69, 9.17) is 16.3 Å². The summed E-state index contributed by atoms with van der Waals surface area (Å²) in [6, 6.07) is 16.3. The van der Waals surface area contributed by atoms with Gasteiger partial charge in [0, 0.05) is 32.8 Å². The van der Waals surface area contributed by atoms with Crippen LogP contribution in [0.1, 0.15) is 26.3 Å². The van der Waals surface area contributed by atoms with Crippen LogP contribution in [0, 0.1) is 10.1 Å². The number of hydrazone groups is 1. The molecule has 0 bridgehead atoms. The maximum atomic E-state index is 12.4. The Labute approximate surface area is 189 Å². The highest BCUT2D eigenvalue weighted by Gasteiger charge is 2.15. The first-order chi connectivity index (χ1) is 14.8. The van der Waals surface area contributed by atoms with Gasteiger partial charge in [0.05, 0.1) is 16.7 Å². The zero-order valence-corrected chi connectivity index (χ0v) is 18.0. The van der Waals surface area contributed by atoms with Gasteiger partial charge < -0.3 is 4.74 Å². The fourth-order valence-electron chi connectivity index (χ4n) is 2.41. The van der Waals surface area contributed by atoms with Gasteiger partial charge in [0.2, 0.25) is 0 Å². The zero-order chi connectivity index (χ0) is 22.4. The van der Waals surface area contributed by atoms with Gasteiger partial charge in [0.1, 0.15) is 5.75 Å². The number of hydrogen-bond acceptors (Lipinski definition) is 6. The Bertz CT molecular complexity index is 1160. The SMILES string of the molecule is O=C(N/N=C/c1cc([N+](=O)[O-])ccc1OC(=O)c1ccc(Br)cc1)c1ccc(Cl)cc1. The van der Waals surface area contributed by atoms with Gasteiger partial charge in [-0.05, 0) is 54.6 Å². The maximum Gasteiger partial charge on any atom is 0.343 e.